The second-order valence-corrected chi connectivity index (χ2v) is 4.72. The monoisotopic (exact) mass is 202 g/mol. The molecule has 2 aliphatic carbocycles. The summed E-state index contributed by atoms with van der Waals surface area (Å²) in [6, 6.07) is 1.07. The topological polar surface area (TPSA) is 24.4 Å². The lowest BCUT2D eigenvalue weighted by atomic mass is 9.73. The van der Waals surface area contributed by atoms with Crippen LogP contribution in [0.4, 0.5) is 0 Å². The first-order valence-corrected chi connectivity index (χ1v) is 6.09. The van der Waals surface area contributed by atoms with E-state index in [1.165, 1.54) is 25.1 Å². The van der Waals surface area contributed by atoms with Crippen molar-refractivity contribution in [1.82, 2.24) is 5.32 Å². The standard InChI is InChI=1S/C13H18N2/c1-2-12-14-10-7-3-5-9-6-4-8-11(15-12)13(9)10/h3,5,7,10-11,13H,2,4,6,8H2,1H3,(H,14,15). The molecule has 15 heavy (non-hydrogen) atoms. The Morgan fingerprint density at radius 3 is 3.33 bits per heavy atom. The van der Waals surface area contributed by atoms with Crippen molar-refractivity contribution in [2.24, 2.45) is 10.9 Å². The second kappa shape index (κ2) is 3.51. The molecule has 1 fully saturated rings. The van der Waals surface area contributed by atoms with Crippen molar-refractivity contribution in [3.8, 4) is 0 Å². The van der Waals surface area contributed by atoms with E-state index < -0.39 is 0 Å². The van der Waals surface area contributed by atoms with Gasteiger partial charge in [0.2, 0.25) is 0 Å². The first-order valence-electron chi connectivity index (χ1n) is 6.09. The molecule has 3 unspecified atom stereocenters. The molecular formula is C13H18N2. The van der Waals surface area contributed by atoms with Crippen LogP contribution in [0.25, 0.3) is 0 Å². The Morgan fingerprint density at radius 2 is 2.47 bits per heavy atom. The van der Waals surface area contributed by atoms with Gasteiger partial charge < -0.3 is 5.32 Å². The lowest BCUT2D eigenvalue weighted by molar-refractivity contribution is 0.318. The highest BCUT2D eigenvalue weighted by atomic mass is 15.1. The van der Waals surface area contributed by atoms with Crippen molar-refractivity contribution in [1.29, 1.82) is 0 Å². The van der Waals surface area contributed by atoms with Gasteiger partial charge in [0.25, 0.3) is 0 Å². The molecule has 3 rings (SSSR count). The fourth-order valence-corrected chi connectivity index (χ4v) is 3.11. The highest BCUT2D eigenvalue weighted by molar-refractivity contribution is 5.83. The largest absolute Gasteiger partial charge is 0.370 e. The van der Waals surface area contributed by atoms with Gasteiger partial charge in [0.1, 0.15) is 0 Å². The molecule has 80 valence electrons. The van der Waals surface area contributed by atoms with E-state index in [4.69, 9.17) is 4.99 Å². The summed E-state index contributed by atoms with van der Waals surface area (Å²) in [5.41, 5.74) is 1.62. The summed E-state index contributed by atoms with van der Waals surface area (Å²) >= 11 is 0. The quantitative estimate of drug-likeness (QED) is 0.694. The minimum atomic E-state index is 0.423. The third kappa shape index (κ3) is 1.43. The van der Waals surface area contributed by atoms with E-state index in [-0.39, 0.29) is 0 Å². The first-order chi connectivity index (χ1) is 7.38. The molecule has 0 aromatic rings. The number of amidine groups is 1. The van der Waals surface area contributed by atoms with E-state index in [1.54, 1.807) is 5.57 Å². The normalized spacial score (nSPS) is 37.5. The molecule has 1 N–H and O–H groups in total. The lowest BCUT2D eigenvalue weighted by Gasteiger charge is -2.42. The van der Waals surface area contributed by atoms with Crippen molar-refractivity contribution in [3.05, 3.63) is 23.8 Å². The Hall–Kier alpha value is -1.05. The molecule has 0 radical (unpaired) electrons. The summed E-state index contributed by atoms with van der Waals surface area (Å²) in [4.78, 5) is 4.78. The predicted molar refractivity (Wildman–Crippen MR) is 63.0 cm³/mol. The summed E-state index contributed by atoms with van der Waals surface area (Å²) < 4.78 is 0. The molecule has 0 amide bonds. The van der Waals surface area contributed by atoms with Crippen LogP contribution >= 0.6 is 0 Å². The van der Waals surface area contributed by atoms with Crippen molar-refractivity contribution in [3.63, 3.8) is 0 Å². The van der Waals surface area contributed by atoms with E-state index in [9.17, 15) is 0 Å². The van der Waals surface area contributed by atoms with Gasteiger partial charge in [-0.1, -0.05) is 30.7 Å². The highest BCUT2D eigenvalue weighted by Gasteiger charge is 2.37. The van der Waals surface area contributed by atoms with Crippen LogP contribution in [0.1, 0.15) is 32.6 Å². The maximum absolute atomic E-state index is 4.78. The molecule has 3 atom stereocenters. The molecule has 0 spiro atoms. The molecule has 3 aliphatic rings. The number of nitrogens with zero attached hydrogens (tertiary/aromatic N) is 1. The molecular weight excluding hydrogens is 184 g/mol. The lowest BCUT2D eigenvalue weighted by Crippen LogP contribution is -2.51. The van der Waals surface area contributed by atoms with Crippen LogP contribution in [-0.2, 0) is 0 Å². The number of allylic oxidation sites excluding steroid dienone is 2. The van der Waals surface area contributed by atoms with E-state index in [0.717, 1.165) is 6.42 Å². The van der Waals surface area contributed by atoms with Crippen LogP contribution in [0.5, 0.6) is 0 Å². The summed E-state index contributed by atoms with van der Waals surface area (Å²) in [5.74, 6) is 1.85. The van der Waals surface area contributed by atoms with Gasteiger partial charge in [0.05, 0.1) is 11.9 Å². The van der Waals surface area contributed by atoms with Crippen LogP contribution in [-0.4, -0.2) is 17.9 Å². The van der Waals surface area contributed by atoms with Gasteiger partial charge in [-0.25, -0.2) is 0 Å². The maximum Gasteiger partial charge on any atom is 0.0970 e. The summed E-state index contributed by atoms with van der Waals surface area (Å²) in [5, 5.41) is 3.61. The zero-order chi connectivity index (χ0) is 10.3. The van der Waals surface area contributed by atoms with E-state index in [1.807, 2.05) is 0 Å². The van der Waals surface area contributed by atoms with Gasteiger partial charge in [-0.2, -0.15) is 0 Å². The Balaban J connectivity index is 1.97. The van der Waals surface area contributed by atoms with Crippen molar-refractivity contribution < 1.29 is 0 Å². The molecule has 0 bridgehead atoms. The Labute approximate surface area is 91.2 Å². The number of nitrogens with one attached hydrogen (secondary N) is 1. The summed E-state index contributed by atoms with van der Waals surface area (Å²) in [6.45, 7) is 2.18. The molecule has 0 aromatic heterocycles. The number of hydrogen-bond donors (Lipinski definition) is 1. The minimum Gasteiger partial charge on any atom is -0.370 e. The zero-order valence-corrected chi connectivity index (χ0v) is 9.24. The molecule has 0 saturated heterocycles. The minimum absolute atomic E-state index is 0.423. The molecule has 2 nitrogen and oxygen atoms in total. The SMILES string of the molecule is CCC1=NC2C=CC=C3CCCC(N1)C32. The number of hydrogen-bond acceptors (Lipinski definition) is 2. The highest BCUT2D eigenvalue weighted by Crippen LogP contribution is 2.38. The Bertz CT molecular complexity index is 352. The van der Waals surface area contributed by atoms with Gasteiger partial charge in [0, 0.05) is 18.4 Å². The van der Waals surface area contributed by atoms with Gasteiger partial charge in [-0.15, -0.1) is 0 Å². The van der Waals surface area contributed by atoms with Crippen LogP contribution in [0.3, 0.4) is 0 Å². The molecule has 0 aromatic carbocycles. The first kappa shape index (κ1) is 9.20. The van der Waals surface area contributed by atoms with Crippen LogP contribution in [0, 0.1) is 5.92 Å². The van der Waals surface area contributed by atoms with Gasteiger partial charge in [0.15, 0.2) is 0 Å². The second-order valence-electron chi connectivity index (χ2n) is 4.72. The molecule has 1 heterocycles. The fraction of sp³-hybridized carbons (Fsp3) is 0.615. The van der Waals surface area contributed by atoms with Crippen LogP contribution < -0.4 is 5.32 Å². The zero-order valence-electron chi connectivity index (χ0n) is 9.24. The van der Waals surface area contributed by atoms with Crippen molar-refractivity contribution in [2.45, 2.75) is 44.7 Å². The molecule has 2 heteroatoms. The molecule has 1 aliphatic heterocycles. The average molecular weight is 202 g/mol. The average Bonchev–Trinajstić information content (AvgIpc) is 2.29. The number of rotatable bonds is 1. The predicted octanol–water partition coefficient (Wildman–Crippen LogP) is 2.43. The van der Waals surface area contributed by atoms with Crippen LogP contribution in [0.2, 0.25) is 0 Å². The van der Waals surface area contributed by atoms with Crippen molar-refractivity contribution in [2.75, 3.05) is 0 Å². The Kier molecular flexibility index (Phi) is 2.15. The fourth-order valence-electron chi connectivity index (χ4n) is 3.11. The number of aliphatic imine (C=N–C) groups is 1. The summed E-state index contributed by atoms with van der Waals surface area (Å²) in [7, 11) is 0. The van der Waals surface area contributed by atoms with Gasteiger partial charge in [-0.3, -0.25) is 4.99 Å². The van der Waals surface area contributed by atoms with Crippen molar-refractivity contribution >= 4 is 5.84 Å². The van der Waals surface area contributed by atoms with Crippen LogP contribution in [0.15, 0.2) is 28.8 Å². The Morgan fingerprint density at radius 1 is 1.53 bits per heavy atom. The van der Waals surface area contributed by atoms with Gasteiger partial charge >= 0.3 is 0 Å². The third-order valence-electron chi connectivity index (χ3n) is 3.82. The summed E-state index contributed by atoms with van der Waals surface area (Å²) in [6.07, 6.45) is 11.7. The molecule has 1 saturated carbocycles. The van der Waals surface area contributed by atoms with E-state index >= 15 is 0 Å². The maximum atomic E-state index is 4.78. The third-order valence-corrected chi connectivity index (χ3v) is 3.82. The van der Waals surface area contributed by atoms with E-state index in [0.29, 0.717) is 18.0 Å². The van der Waals surface area contributed by atoms with E-state index in [2.05, 4.69) is 30.5 Å². The smallest absolute Gasteiger partial charge is 0.0970 e. The van der Waals surface area contributed by atoms with Gasteiger partial charge in [-0.05, 0) is 19.3 Å².